The summed E-state index contributed by atoms with van der Waals surface area (Å²) in [6.45, 7) is 6.21. The number of carbonyl (C=O) groups is 4. The minimum atomic E-state index is -1.35. The lowest BCUT2D eigenvalue weighted by atomic mass is 9.92. The van der Waals surface area contributed by atoms with Crippen LogP contribution in [0.2, 0.25) is 0 Å². The van der Waals surface area contributed by atoms with E-state index in [0.717, 1.165) is 0 Å². The molecule has 0 saturated heterocycles. The van der Waals surface area contributed by atoms with Gasteiger partial charge in [0.15, 0.2) is 11.6 Å². The Hall–Kier alpha value is -4.01. The summed E-state index contributed by atoms with van der Waals surface area (Å²) in [6, 6.07) is 12.2. The number of ether oxygens (including phenoxy) is 2. The van der Waals surface area contributed by atoms with Gasteiger partial charge in [0, 0.05) is 29.0 Å². The van der Waals surface area contributed by atoms with E-state index >= 15 is 0 Å². The van der Waals surface area contributed by atoms with Gasteiger partial charge < -0.3 is 25.1 Å². The fourth-order valence-electron chi connectivity index (χ4n) is 2.91. The molecule has 0 spiro atoms. The molecular formula is C25H27N2O7-. The van der Waals surface area contributed by atoms with Gasteiger partial charge >= 0.3 is 6.09 Å². The number of carboxylic acid groups (broad SMARTS) is 1. The van der Waals surface area contributed by atoms with Crippen LogP contribution < -0.4 is 15.6 Å². The first-order chi connectivity index (χ1) is 15.9. The molecule has 0 aliphatic heterocycles. The van der Waals surface area contributed by atoms with E-state index < -0.39 is 30.2 Å². The first-order valence-electron chi connectivity index (χ1n) is 10.5. The van der Waals surface area contributed by atoms with Crippen LogP contribution >= 0.6 is 0 Å². The summed E-state index contributed by atoms with van der Waals surface area (Å²) in [6.07, 6.45) is -0.821. The van der Waals surface area contributed by atoms with Gasteiger partial charge in [0.2, 0.25) is 0 Å². The summed E-state index contributed by atoms with van der Waals surface area (Å²) < 4.78 is 10.1. The molecule has 1 atom stereocenters. The Balaban J connectivity index is 1.99. The number of Topliss-reactive ketones (excluding diaryl/α,β-unsaturated/α-hetero) is 2. The molecule has 0 radical (unpaired) electrons. The number of amides is 1. The minimum Gasteiger partial charge on any atom is -0.546 e. The monoisotopic (exact) mass is 467 g/mol. The molecule has 0 aromatic heterocycles. The number of carboxylic acids is 1. The Labute approximate surface area is 197 Å². The van der Waals surface area contributed by atoms with Crippen molar-refractivity contribution < 1.29 is 33.8 Å². The van der Waals surface area contributed by atoms with Gasteiger partial charge in [-0.1, -0.05) is 31.2 Å². The molecule has 0 saturated carbocycles. The van der Waals surface area contributed by atoms with Gasteiger partial charge in [-0.3, -0.25) is 9.59 Å². The molecule has 9 nitrogen and oxygen atoms in total. The molecule has 9 heteroatoms. The maximum absolute atomic E-state index is 12.7. The molecule has 1 amide bonds. The van der Waals surface area contributed by atoms with Crippen LogP contribution in [-0.4, -0.2) is 41.7 Å². The Kier molecular flexibility index (Phi) is 8.66. The molecule has 180 valence electrons. The number of ketones is 2. The van der Waals surface area contributed by atoms with Crippen LogP contribution in [0.25, 0.3) is 0 Å². The zero-order valence-corrected chi connectivity index (χ0v) is 19.5. The third kappa shape index (κ3) is 8.16. The summed E-state index contributed by atoms with van der Waals surface area (Å²) in [5.41, 5.74) is 6.37. The number of amidine groups is 1. The number of aliphatic imine (C=N–C) groups is 1. The largest absolute Gasteiger partial charge is 0.546 e. The van der Waals surface area contributed by atoms with Crippen molar-refractivity contribution in [2.24, 2.45) is 16.6 Å². The number of aliphatic carboxylic acids is 1. The van der Waals surface area contributed by atoms with Gasteiger partial charge in [-0.05, 0) is 45.0 Å². The lowest BCUT2D eigenvalue weighted by Gasteiger charge is -2.17. The highest BCUT2D eigenvalue weighted by Crippen LogP contribution is 2.19. The Morgan fingerprint density at radius 3 is 2.00 bits per heavy atom. The van der Waals surface area contributed by atoms with E-state index in [0.29, 0.717) is 22.4 Å². The Morgan fingerprint density at radius 2 is 1.47 bits per heavy atom. The van der Waals surface area contributed by atoms with Crippen LogP contribution in [0, 0.1) is 5.92 Å². The number of carbonyl (C=O) groups excluding carboxylic acids is 4. The van der Waals surface area contributed by atoms with Gasteiger partial charge in [-0.2, -0.15) is 4.99 Å². The van der Waals surface area contributed by atoms with Crippen molar-refractivity contribution in [1.82, 2.24) is 0 Å². The standard InChI is InChI=1S/C25H28N2O7/c1-15(22(31)17-9-11-19(12-10-17)33-14-21(29)30)13-20(28)16-5-7-18(8-6-16)23(26)27-24(32)34-25(2,3)4/h5-12,15H,13-14H2,1-4H3,(H,29,30)(H2,26,27,32)/p-1. The zero-order chi connectivity index (χ0) is 25.5. The first kappa shape index (κ1) is 26.2. The van der Waals surface area contributed by atoms with Gasteiger partial charge in [-0.15, -0.1) is 0 Å². The lowest BCUT2D eigenvalue weighted by molar-refractivity contribution is -0.307. The van der Waals surface area contributed by atoms with E-state index in [-0.39, 0.29) is 23.8 Å². The van der Waals surface area contributed by atoms with Crippen molar-refractivity contribution in [2.75, 3.05) is 6.61 Å². The molecule has 0 aliphatic carbocycles. The molecule has 1 unspecified atom stereocenters. The van der Waals surface area contributed by atoms with Crippen LogP contribution in [-0.2, 0) is 9.53 Å². The van der Waals surface area contributed by atoms with E-state index in [4.69, 9.17) is 15.2 Å². The number of hydrogen-bond donors (Lipinski definition) is 1. The van der Waals surface area contributed by atoms with Crippen LogP contribution in [0.4, 0.5) is 4.79 Å². The van der Waals surface area contributed by atoms with Crippen molar-refractivity contribution in [3.63, 3.8) is 0 Å². The molecule has 34 heavy (non-hydrogen) atoms. The second kappa shape index (κ2) is 11.2. The SMILES string of the molecule is CC(CC(=O)c1ccc(/C(N)=N\C(=O)OC(C)(C)C)cc1)C(=O)c1ccc(OCC(=O)[O-])cc1. The quantitative estimate of drug-likeness (QED) is 0.336. The van der Waals surface area contributed by atoms with Gasteiger partial charge in [-0.25, -0.2) is 4.79 Å². The van der Waals surface area contributed by atoms with E-state index in [1.165, 1.54) is 24.3 Å². The zero-order valence-electron chi connectivity index (χ0n) is 19.5. The number of nitrogens with two attached hydrogens (primary N) is 1. The molecule has 2 N–H and O–H groups in total. The van der Waals surface area contributed by atoms with Crippen molar-refractivity contribution in [3.8, 4) is 5.75 Å². The third-order valence-electron chi connectivity index (χ3n) is 4.54. The van der Waals surface area contributed by atoms with E-state index in [2.05, 4.69) is 4.99 Å². The summed E-state index contributed by atoms with van der Waals surface area (Å²) in [5, 5.41) is 10.4. The average Bonchev–Trinajstić information content (AvgIpc) is 2.76. The maximum Gasteiger partial charge on any atom is 0.436 e. The second-order valence-electron chi connectivity index (χ2n) is 8.63. The van der Waals surface area contributed by atoms with Crippen LogP contribution in [0.5, 0.6) is 5.75 Å². The number of nitrogens with zero attached hydrogens (tertiary/aromatic N) is 1. The smallest absolute Gasteiger partial charge is 0.436 e. The average molecular weight is 467 g/mol. The van der Waals surface area contributed by atoms with Crippen molar-refractivity contribution >= 4 is 29.5 Å². The highest BCUT2D eigenvalue weighted by Gasteiger charge is 2.20. The second-order valence-corrected chi connectivity index (χ2v) is 8.63. The fraction of sp³-hybridized carbons (Fsp3) is 0.320. The highest BCUT2D eigenvalue weighted by molar-refractivity contribution is 6.05. The summed E-state index contributed by atoms with van der Waals surface area (Å²) in [7, 11) is 0. The molecule has 0 aliphatic rings. The topological polar surface area (TPSA) is 148 Å². The predicted molar refractivity (Wildman–Crippen MR) is 123 cm³/mol. The molecule has 2 rings (SSSR count). The highest BCUT2D eigenvalue weighted by atomic mass is 16.6. The van der Waals surface area contributed by atoms with Crippen molar-refractivity contribution in [1.29, 1.82) is 0 Å². The predicted octanol–water partition coefficient (Wildman–Crippen LogP) is 2.55. The lowest BCUT2D eigenvalue weighted by Crippen LogP contribution is -2.28. The van der Waals surface area contributed by atoms with E-state index in [1.807, 2.05) is 0 Å². The summed E-state index contributed by atoms with van der Waals surface area (Å²) >= 11 is 0. The van der Waals surface area contributed by atoms with Crippen molar-refractivity contribution in [2.45, 2.75) is 39.7 Å². The van der Waals surface area contributed by atoms with Crippen LogP contribution in [0.1, 0.15) is 60.4 Å². The molecule has 2 aromatic carbocycles. The number of rotatable bonds is 9. The molecule has 0 heterocycles. The molecular weight excluding hydrogens is 440 g/mol. The van der Waals surface area contributed by atoms with Gasteiger partial charge in [0.25, 0.3) is 0 Å². The first-order valence-corrected chi connectivity index (χ1v) is 10.5. The summed E-state index contributed by atoms with van der Waals surface area (Å²) in [5.74, 6) is -2.14. The van der Waals surface area contributed by atoms with E-state index in [1.54, 1.807) is 52.0 Å². The van der Waals surface area contributed by atoms with Crippen LogP contribution in [0.3, 0.4) is 0 Å². The fourth-order valence-corrected chi connectivity index (χ4v) is 2.91. The maximum atomic E-state index is 12.7. The molecule has 2 aromatic rings. The Bertz CT molecular complexity index is 1080. The van der Waals surface area contributed by atoms with Gasteiger partial charge in [0.1, 0.15) is 23.8 Å². The third-order valence-corrected chi connectivity index (χ3v) is 4.54. The Morgan fingerprint density at radius 1 is 0.941 bits per heavy atom. The number of hydrogen-bond acceptors (Lipinski definition) is 7. The summed E-state index contributed by atoms with van der Waals surface area (Å²) in [4.78, 5) is 51.2. The van der Waals surface area contributed by atoms with Gasteiger partial charge in [0.05, 0.1) is 5.97 Å². The number of benzene rings is 2. The normalized spacial score (nSPS) is 12.5. The minimum absolute atomic E-state index is 0.0113. The molecule has 0 bridgehead atoms. The van der Waals surface area contributed by atoms with Crippen molar-refractivity contribution in [3.05, 3.63) is 65.2 Å². The van der Waals surface area contributed by atoms with Crippen LogP contribution in [0.15, 0.2) is 53.5 Å². The van der Waals surface area contributed by atoms with E-state index in [9.17, 15) is 24.3 Å². The molecule has 0 fully saturated rings.